The van der Waals surface area contributed by atoms with Crippen LogP contribution in [0.3, 0.4) is 0 Å². The summed E-state index contributed by atoms with van der Waals surface area (Å²) in [5.41, 5.74) is 3.55. The number of nitriles is 1. The van der Waals surface area contributed by atoms with E-state index in [0.29, 0.717) is 28.6 Å². The standard InChI is InChI=1S/C19H19ClN4/c1-5-13-15(12-9-7-6-8-10-12)14(11-21)17-22-18(19(2,3)4)23-24(17)16(13)20/h6-10H,5H2,1-4H3. The van der Waals surface area contributed by atoms with Crippen LogP contribution >= 0.6 is 11.6 Å². The largest absolute Gasteiger partial charge is 0.210 e. The van der Waals surface area contributed by atoms with Gasteiger partial charge in [-0.15, -0.1) is 5.10 Å². The van der Waals surface area contributed by atoms with Gasteiger partial charge < -0.3 is 0 Å². The minimum absolute atomic E-state index is 0.221. The highest BCUT2D eigenvalue weighted by Crippen LogP contribution is 2.35. The van der Waals surface area contributed by atoms with E-state index in [1.165, 1.54) is 0 Å². The summed E-state index contributed by atoms with van der Waals surface area (Å²) in [7, 11) is 0. The van der Waals surface area contributed by atoms with Crippen molar-refractivity contribution in [1.82, 2.24) is 14.6 Å². The lowest BCUT2D eigenvalue weighted by atomic mass is 9.95. The van der Waals surface area contributed by atoms with Crippen LogP contribution in [0.25, 0.3) is 16.8 Å². The molecule has 3 aromatic rings. The van der Waals surface area contributed by atoms with Gasteiger partial charge in [-0.3, -0.25) is 0 Å². The van der Waals surface area contributed by atoms with Crippen LogP contribution in [-0.2, 0) is 11.8 Å². The summed E-state index contributed by atoms with van der Waals surface area (Å²) in [5.74, 6) is 0.674. The van der Waals surface area contributed by atoms with Crippen molar-refractivity contribution in [3.63, 3.8) is 0 Å². The third kappa shape index (κ3) is 2.55. The predicted molar refractivity (Wildman–Crippen MR) is 96.2 cm³/mol. The average Bonchev–Trinajstić information content (AvgIpc) is 3.01. The molecule has 0 aliphatic carbocycles. The van der Waals surface area contributed by atoms with E-state index in [2.05, 4.69) is 16.2 Å². The second-order valence-corrected chi connectivity index (χ2v) is 7.13. The maximum Gasteiger partial charge on any atom is 0.175 e. The van der Waals surface area contributed by atoms with E-state index in [-0.39, 0.29) is 5.41 Å². The summed E-state index contributed by atoms with van der Waals surface area (Å²) in [6.07, 6.45) is 0.707. The maximum atomic E-state index is 9.83. The van der Waals surface area contributed by atoms with E-state index in [9.17, 15) is 5.26 Å². The van der Waals surface area contributed by atoms with Gasteiger partial charge in [-0.25, -0.2) is 9.50 Å². The Morgan fingerprint density at radius 1 is 1.21 bits per heavy atom. The van der Waals surface area contributed by atoms with Crippen LogP contribution in [0, 0.1) is 11.3 Å². The summed E-state index contributed by atoms with van der Waals surface area (Å²) in [4.78, 5) is 4.62. The van der Waals surface area contributed by atoms with Crippen molar-refractivity contribution in [2.75, 3.05) is 0 Å². The fourth-order valence-corrected chi connectivity index (χ4v) is 3.12. The first-order chi connectivity index (χ1) is 11.4. The van der Waals surface area contributed by atoms with Gasteiger partial charge in [0.15, 0.2) is 11.5 Å². The Bertz CT molecular complexity index is 944. The van der Waals surface area contributed by atoms with Crippen molar-refractivity contribution in [2.45, 2.75) is 39.5 Å². The molecular formula is C19H19ClN4. The number of fused-ring (bicyclic) bond motifs is 1. The quantitative estimate of drug-likeness (QED) is 0.632. The Hall–Kier alpha value is -2.38. The van der Waals surface area contributed by atoms with Gasteiger partial charge in [0.05, 0.1) is 0 Å². The molecule has 4 nitrogen and oxygen atoms in total. The number of nitrogens with zero attached hydrogens (tertiary/aromatic N) is 4. The van der Waals surface area contributed by atoms with Crippen molar-refractivity contribution in [3.8, 4) is 17.2 Å². The van der Waals surface area contributed by atoms with Crippen molar-refractivity contribution >= 4 is 17.2 Å². The molecule has 2 aromatic heterocycles. The van der Waals surface area contributed by atoms with E-state index in [1.807, 2.05) is 58.0 Å². The lowest BCUT2D eigenvalue weighted by molar-refractivity contribution is 0.545. The summed E-state index contributed by atoms with van der Waals surface area (Å²) in [6.45, 7) is 8.16. The molecule has 0 saturated carbocycles. The molecule has 3 rings (SSSR count). The van der Waals surface area contributed by atoms with Crippen molar-refractivity contribution in [2.24, 2.45) is 0 Å². The second-order valence-electron chi connectivity index (χ2n) is 6.77. The molecule has 0 N–H and O–H groups in total. The monoisotopic (exact) mass is 338 g/mol. The number of hydrogen-bond acceptors (Lipinski definition) is 3. The van der Waals surface area contributed by atoms with Crippen molar-refractivity contribution in [3.05, 3.63) is 52.4 Å². The molecule has 0 amide bonds. The zero-order chi connectivity index (χ0) is 17.5. The molecule has 0 saturated heterocycles. The molecule has 0 bridgehead atoms. The van der Waals surface area contributed by atoms with Crippen LogP contribution < -0.4 is 0 Å². The molecule has 0 aliphatic heterocycles. The van der Waals surface area contributed by atoms with E-state index in [4.69, 9.17) is 11.6 Å². The number of hydrogen-bond donors (Lipinski definition) is 0. The van der Waals surface area contributed by atoms with Crippen LogP contribution in [0.1, 0.15) is 44.6 Å². The summed E-state index contributed by atoms with van der Waals surface area (Å²) in [6, 6.07) is 12.2. The lowest BCUT2D eigenvalue weighted by Crippen LogP contribution is -2.13. The predicted octanol–water partition coefficient (Wildman–Crippen LogP) is 4.78. The first-order valence-electron chi connectivity index (χ1n) is 7.95. The number of halogens is 1. The second kappa shape index (κ2) is 5.92. The van der Waals surface area contributed by atoms with Crippen LogP contribution in [0.5, 0.6) is 0 Å². The Balaban J connectivity index is 2.46. The molecule has 1 aromatic carbocycles. The van der Waals surface area contributed by atoms with E-state index in [0.717, 1.165) is 16.7 Å². The molecule has 0 unspecified atom stereocenters. The van der Waals surface area contributed by atoms with Crippen molar-refractivity contribution < 1.29 is 0 Å². The highest BCUT2D eigenvalue weighted by Gasteiger charge is 2.25. The molecule has 0 atom stereocenters. The molecule has 0 aliphatic rings. The lowest BCUT2D eigenvalue weighted by Gasteiger charge is -2.13. The smallest absolute Gasteiger partial charge is 0.175 e. The molecular weight excluding hydrogens is 320 g/mol. The molecule has 5 heteroatoms. The van der Waals surface area contributed by atoms with Gasteiger partial charge in [0, 0.05) is 11.0 Å². The summed E-state index contributed by atoms with van der Waals surface area (Å²) in [5, 5.41) is 14.9. The maximum absolute atomic E-state index is 9.83. The fraction of sp³-hybridized carbons (Fsp3) is 0.316. The van der Waals surface area contributed by atoms with E-state index in [1.54, 1.807) is 4.52 Å². The topological polar surface area (TPSA) is 54.0 Å². The van der Waals surface area contributed by atoms with Gasteiger partial charge in [0.1, 0.15) is 16.8 Å². The zero-order valence-electron chi connectivity index (χ0n) is 14.3. The summed E-state index contributed by atoms with van der Waals surface area (Å²) < 4.78 is 1.60. The van der Waals surface area contributed by atoms with Crippen LogP contribution in [0.2, 0.25) is 5.15 Å². The molecule has 0 radical (unpaired) electrons. The first-order valence-corrected chi connectivity index (χ1v) is 8.33. The molecule has 24 heavy (non-hydrogen) atoms. The minimum Gasteiger partial charge on any atom is -0.210 e. The molecule has 2 heterocycles. The highest BCUT2D eigenvalue weighted by molar-refractivity contribution is 6.31. The third-order valence-electron chi connectivity index (χ3n) is 4.02. The third-order valence-corrected chi connectivity index (χ3v) is 4.40. The minimum atomic E-state index is -0.221. The van der Waals surface area contributed by atoms with Crippen LogP contribution in [0.4, 0.5) is 0 Å². The molecule has 0 spiro atoms. The van der Waals surface area contributed by atoms with Crippen molar-refractivity contribution in [1.29, 1.82) is 5.26 Å². The van der Waals surface area contributed by atoms with E-state index >= 15 is 0 Å². The highest BCUT2D eigenvalue weighted by atomic mass is 35.5. The number of aromatic nitrogens is 3. The molecule has 0 fully saturated rings. The summed E-state index contributed by atoms with van der Waals surface area (Å²) >= 11 is 6.64. The van der Waals surface area contributed by atoms with Gasteiger partial charge >= 0.3 is 0 Å². The Labute approximate surface area is 146 Å². The van der Waals surface area contributed by atoms with Gasteiger partial charge in [-0.1, -0.05) is 69.6 Å². The average molecular weight is 339 g/mol. The SMILES string of the molecule is CCc1c(-c2ccccc2)c(C#N)c2nc(C(C)(C)C)nn2c1Cl. The number of benzene rings is 1. The number of pyridine rings is 1. The van der Waals surface area contributed by atoms with Gasteiger partial charge in [0.25, 0.3) is 0 Å². The van der Waals surface area contributed by atoms with Gasteiger partial charge in [-0.05, 0) is 17.5 Å². The Morgan fingerprint density at radius 2 is 1.88 bits per heavy atom. The zero-order valence-corrected chi connectivity index (χ0v) is 15.0. The van der Waals surface area contributed by atoms with Crippen LogP contribution in [0.15, 0.2) is 30.3 Å². The van der Waals surface area contributed by atoms with E-state index < -0.39 is 0 Å². The van der Waals surface area contributed by atoms with Crippen LogP contribution in [-0.4, -0.2) is 14.6 Å². The fourth-order valence-electron chi connectivity index (χ4n) is 2.77. The Kier molecular flexibility index (Phi) is 4.06. The number of rotatable bonds is 2. The molecule has 122 valence electrons. The first kappa shape index (κ1) is 16.5. The van der Waals surface area contributed by atoms with Gasteiger partial charge in [-0.2, -0.15) is 5.26 Å². The normalized spacial score (nSPS) is 11.7. The Morgan fingerprint density at radius 3 is 2.42 bits per heavy atom. The van der Waals surface area contributed by atoms with Gasteiger partial charge in [0.2, 0.25) is 0 Å².